The molecule has 1 unspecified atom stereocenters. The second kappa shape index (κ2) is 4.72. The highest BCUT2D eigenvalue weighted by molar-refractivity contribution is 5.71. The van der Waals surface area contributed by atoms with Crippen molar-refractivity contribution in [3.05, 3.63) is 0 Å². The molecule has 1 saturated heterocycles. The summed E-state index contributed by atoms with van der Waals surface area (Å²) >= 11 is 0. The lowest BCUT2D eigenvalue weighted by Crippen LogP contribution is -2.66. The molecule has 0 aromatic heterocycles. The summed E-state index contributed by atoms with van der Waals surface area (Å²) in [5.41, 5.74) is 2.89. The number of quaternary nitrogens is 1. The minimum atomic E-state index is -0.417. The summed E-state index contributed by atoms with van der Waals surface area (Å²) in [4.78, 5) is 11.0. The van der Waals surface area contributed by atoms with Gasteiger partial charge in [-0.05, 0) is 6.92 Å². The molecule has 1 aliphatic heterocycles. The maximum atomic E-state index is 11.0. The van der Waals surface area contributed by atoms with E-state index in [1.54, 1.807) is 6.92 Å². The first-order valence-electron chi connectivity index (χ1n) is 4.95. The molecule has 5 nitrogen and oxygen atoms in total. The van der Waals surface area contributed by atoms with E-state index >= 15 is 0 Å². The van der Waals surface area contributed by atoms with Gasteiger partial charge in [-0.1, -0.05) is 0 Å². The zero-order valence-corrected chi connectivity index (χ0v) is 8.82. The number of amides is 1. The molecule has 0 radical (unpaired) electrons. The van der Waals surface area contributed by atoms with Crippen molar-refractivity contribution in [3.63, 3.8) is 0 Å². The molecule has 0 spiro atoms. The molecule has 1 aliphatic rings. The first kappa shape index (κ1) is 11.4. The van der Waals surface area contributed by atoms with Gasteiger partial charge >= 0.3 is 0 Å². The standard InChI is InChI=1S/C9H18N2O3/c1-8(12)7-11(10-9(2)13)3-5-14-6-4-11/h8,12H,3-7H2,1-2H3/p+1. The molecule has 0 bridgehead atoms. The van der Waals surface area contributed by atoms with E-state index in [9.17, 15) is 9.90 Å². The maximum Gasteiger partial charge on any atom is 0.261 e. The van der Waals surface area contributed by atoms with Crippen LogP contribution in [0.5, 0.6) is 0 Å². The van der Waals surface area contributed by atoms with Gasteiger partial charge in [0.15, 0.2) is 0 Å². The van der Waals surface area contributed by atoms with Gasteiger partial charge < -0.3 is 9.84 Å². The fourth-order valence-corrected chi connectivity index (χ4v) is 1.87. The van der Waals surface area contributed by atoms with Crippen molar-refractivity contribution in [2.75, 3.05) is 32.8 Å². The number of rotatable bonds is 3. The minimum Gasteiger partial charge on any atom is -0.387 e. The predicted octanol–water partition coefficient (Wildman–Crippen LogP) is -0.735. The fourth-order valence-electron chi connectivity index (χ4n) is 1.87. The minimum absolute atomic E-state index is 0.0625. The zero-order valence-electron chi connectivity index (χ0n) is 8.82. The molecule has 1 heterocycles. The van der Waals surface area contributed by atoms with Gasteiger partial charge in [-0.3, -0.25) is 4.79 Å². The Balaban J connectivity index is 2.61. The van der Waals surface area contributed by atoms with Crippen LogP contribution < -0.4 is 5.43 Å². The number of aliphatic hydroxyl groups excluding tert-OH is 1. The van der Waals surface area contributed by atoms with Crippen molar-refractivity contribution >= 4 is 5.91 Å². The van der Waals surface area contributed by atoms with Gasteiger partial charge in [0.2, 0.25) is 0 Å². The van der Waals surface area contributed by atoms with Gasteiger partial charge in [0, 0.05) is 6.92 Å². The molecule has 82 valence electrons. The molecule has 0 aromatic rings. The van der Waals surface area contributed by atoms with Crippen molar-refractivity contribution in [2.24, 2.45) is 0 Å². The van der Waals surface area contributed by atoms with Crippen molar-refractivity contribution in [3.8, 4) is 0 Å². The van der Waals surface area contributed by atoms with Crippen LogP contribution in [-0.2, 0) is 9.53 Å². The first-order valence-corrected chi connectivity index (χ1v) is 4.95. The first-order chi connectivity index (χ1) is 6.54. The third kappa shape index (κ3) is 3.25. The maximum absolute atomic E-state index is 11.0. The Bertz CT molecular complexity index is 200. The molecule has 0 aromatic carbocycles. The van der Waals surface area contributed by atoms with Gasteiger partial charge in [0.05, 0.1) is 13.2 Å². The predicted molar refractivity (Wildman–Crippen MR) is 51.2 cm³/mol. The molecule has 14 heavy (non-hydrogen) atoms. The highest BCUT2D eigenvalue weighted by Gasteiger charge is 2.33. The van der Waals surface area contributed by atoms with E-state index in [0.29, 0.717) is 24.4 Å². The third-order valence-electron chi connectivity index (χ3n) is 2.34. The van der Waals surface area contributed by atoms with E-state index < -0.39 is 6.10 Å². The van der Waals surface area contributed by atoms with Gasteiger partial charge in [0.25, 0.3) is 5.91 Å². The number of aliphatic hydroxyl groups is 1. The van der Waals surface area contributed by atoms with Crippen molar-refractivity contribution in [1.82, 2.24) is 5.43 Å². The number of ether oxygens (including phenoxy) is 1. The van der Waals surface area contributed by atoms with E-state index in [1.165, 1.54) is 6.92 Å². The van der Waals surface area contributed by atoms with E-state index in [2.05, 4.69) is 5.43 Å². The average molecular weight is 203 g/mol. The number of hydrogen-bond acceptors (Lipinski definition) is 3. The van der Waals surface area contributed by atoms with Crippen LogP contribution in [0.2, 0.25) is 0 Å². The van der Waals surface area contributed by atoms with Crippen LogP contribution >= 0.6 is 0 Å². The number of nitrogens with one attached hydrogen (secondary N) is 1. The lowest BCUT2D eigenvalue weighted by molar-refractivity contribution is -0.969. The number of morpholine rings is 1. The Morgan fingerprint density at radius 1 is 1.57 bits per heavy atom. The van der Waals surface area contributed by atoms with Crippen LogP contribution in [0.4, 0.5) is 0 Å². The summed E-state index contributed by atoms with van der Waals surface area (Å²) in [5.74, 6) is -0.0625. The number of nitrogens with zero attached hydrogens (tertiary/aromatic N) is 1. The van der Waals surface area contributed by atoms with Crippen LogP contribution in [0.25, 0.3) is 0 Å². The monoisotopic (exact) mass is 203 g/mol. The molecular formula is C9H19N2O3+. The Morgan fingerprint density at radius 3 is 2.57 bits per heavy atom. The lowest BCUT2D eigenvalue weighted by Gasteiger charge is -2.40. The van der Waals surface area contributed by atoms with Gasteiger partial charge in [-0.15, -0.1) is 0 Å². The Labute approximate surface area is 84.2 Å². The highest BCUT2D eigenvalue weighted by Crippen LogP contribution is 2.08. The SMILES string of the molecule is CC(=O)N[N+]1(CC(C)O)CCOCC1. The molecule has 1 amide bonds. The summed E-state index contributed by atoms with van der Waals surface area (Å²) in [6.45, 7) is 6.49. The highest BCUT2D eigenvalue weighted by atomic mass is 16.5. The van der Waals surface area contributed by atoms with Crippen molar-refractivity contribution in [1.29, 1.82) is 0 Å². The van der Waals surface area contributed by atoms with Gasteiger partial charge in [-0.25, -0.2) is 10.0 Å². The van der Waals surface area contributed by atoms with Crippen molar-refractivity contribution in [2.45, 2.75) is 20.0 Å². The smallest absolute Gasteiger partial charge is 0.261 e. The summed E-state index contributed by atoms with van der Waals surface area (Å²) in [5, 5.41) is 9.37. The largest absolute Gasteiger partial charge is 0.387 e. The summed E-state index contributed by atoms with van der Waals surface area (Å²) < 4.78 is 5.68. The second-order valence-corrected chi connectivity index (χ2v) is 3.90. The normalized spacial score (nSPS) is 22.8. The molecule has 5 heteroatoms. The van der Waals surface area contributed by atoms with Crippen LogP contribution in [-0.4, -0.2) is 54.6 Å². The van der Waals surface area contributed by atoms with E-state index in [4.69, 9.17) is 4.74 Å². The van der Waals surface area contributed by atoms with Crippen LogP contribution in [0, 0.1) is 0 Å². The summed E-state index contributed by atoms with van der Waals surface area (Å²) in [6, 6.07) is 0. The molecule has 1 atom stereocenters. The van der Waals surface area contributed by atoms with E-state index in [-0.39, 0.29) is 5.91 Å². The molecule has 0 saturated carbocycles. The molecule has 1 rings (SSSR count). The molecule has 2 N–H and O–H groups in total. The zero-order chi connectivity index (χ0) is 10.6. The van der Waals surface area contributed by atoms with Gasteiger partial charge in [0.1, 0.15) is 25.7 Å². The van der Waals surface area contributed by atoms with E-state index in [1.807, 2.05) is 0 Å². The van der Waals surface area contributed by atoms with Crippen LogP contribution in [0.3, 0.4) is 0 Å². The quantitative estimate of drug-likeness (QED) is 0.594. The Morgan fingerprint density at radius 2 is 2.14 bits per heavy atom. The number of hydrogen-bond donors (Lipinski definition) is 2. The Kier molecular flexibility index (Phi) is 3.86. The summed E-state index contributed by atoms with van der Waals surface area (Å²) in [7, 11) is 0. The molecular weight excluding hydrogens is 184 g/mol. The fraction of sp³-hybridized carbons (Fsp3) is 0.889. The van der Waals surface area contributed by atoms with Crippen molar-refractivity contribution < 1.29 is 19.2 Å². The Hall–Kier alpha value is -0.650. The number of carbonyl (C=O) groups is 1. The topological polar surface area (TPSA) is 58.6 Å². The second-order valence-electron chi connectivity index (χ2n) is 3.90. The third-order valence-corrected chi connectivity index (χ3v) is 2.34. The van der Waals surface area contributed by atoms with Gasteiger partial charge in [-0.2, -0.15) is 0 Å². The average Bonchev–Trinajstić information content (AvgIpc) is 2.01. The number of carbonyl (C=O) groups excluding carboxylic acids is 1. The lowest BCUT2D eigenvalue weighted by atomic mass is 10.3. The molecule has 1 fully saturated rings. The van der Waals surface area contributed by atoms with Crippen LogP contribution in [0.1, 0.15) is 13.8 Å². The molecule has 0 aliphatic carbocycles. The van der Waals surface area contributed by atoms with E-state index in [0.717, 1.165) is 13.1 Å². The summed E-state index contributed by atoms with van der Waals surface area (Å²) in [6.07, 6.45) is -0.417. The van der Waals surface area contributed by atoms with Crippen LogP contribution in [0.15, 0.2) is 0 Å².